The number of amides is 3. The van der Waals surface area contributed by atoms with E-state index in [1.165, 1.54) is 10.5 Å². The minimum Gasteiger partial charge on any atom is -0.464 e. The number of carbonyl (C=O) groups is 2. The minimum atomic E-state index is -0.695. The molecule has 0 N–H and O–H groups in total. The Bertz CT molecular complexity index is 1140. The van der Waals surface area contributed by atoms with Gasteiger partial charge in [0.05, 0.1) is 6.26 Å². The maximum absolute atomic E-state index is 13.5. The molecule has 3 aromatic rings. The van der Waals surface area contributed by atoms with Crippen molar-refractivity contribution in [2.24, 2.45) is 0 Å². The van der Waals surface area contributed by atoms with Crippen molar-refractivity contribution < 1.29 is 14.0 Å². The highest BCUT2D eigenvalue weighted by Gasteiger charge is 2.57. The quantitative estimate of drug-likeness (QED) is 0.449. The highest BCUT2D eigenvalue weighted by Crippen LogP contribution is 2.37. The van der Waals surface area contributed by atoms with Gasteiger partial charge < -0.3 is 9.32 Å². The van der Waals surface area contributed by atoms with E-state index < -0.39 is 5.54 Å². The molecule has 0 unspecified atom stereocenters. The zero-order chi connectivity index (χ0) is 24.3. The lowest BCUT2D eigenvalue weighted by atomic mass is 9.85. The van der Waals surface area contributed by atoms with Crippen LogP contribution in [0.5, 0.6) is 0 Å². The number of nitrogens with zero attached hydrogens (tertiary/aromatic N) is 4. The van der Waals surface area contributed by atoms with Crippen LogP contribution in [-0.2, 0) is 17.8 Å². The molecular weight excluding hydrogens is 440 g/mol. The van der Waals surface area contributed by atoms with E-state index in [0.29, 0.717) is 25.9 Å². The second-order valence-electron chi connectivity index (χ2n) is 9.43. The molecule has 1 aromatic carbocycles. The number of pyridine rings is 1. The molecule has 2 aliphatic heterocycles. The topological polar surface area (TPSA) is 69.9 Å². The number of hydrogen-bond acceptors (Lipinski definition) is 5. The van der Waals surface area contributed by atoms with E-state index >= 15 is 0 Å². The van der Waals surface area contributed by atoms with E-state index in [4.69, 9.17) is 4.42 Å². The van der Waals surface area contributed by atoms with Crippen LogP contribution in [0.25, 0.3) is 11.3 Å². The molecule has 4 heterocycles. The molecular formula is C28H32N4O3. The van der Waals surface area contributed by atoms with Gasteiger partial charge >= 0.3 is 6.03 Å². The van der Waals surface area contributed by atoms with E-state index in [2.05, 4.69) is 34.1 Å². The summed E-state index contributed by atoms with van der Waals surface area (Å²) < 4.78 is 5.48. The molecule has 35 heavy (non-hydrogen) atoms. The molecule has 182 valence electrons. The van der Waals surface area contributed by atoms with Gasteiger partial charge in [-0.15, -0.1) is 0 Å². The molecule has 2 fully saturated rings. The predicted octanol–water partition coefficient (Wildman–Crippen LogP) is 4.59. The Morgan fingerprint density at radius 3 is 2.46 bits per heavy atom. The molecule has 7 heteroatoms. The summed E-state index contributed by atoms with van der Waals surface area (Å²) in [6.07, 6.45) is 8.18. The fourth-order valence-corrected chi connectivity index (χ4v) is 5.45. The monoisotopic (exact) mass is 472 g/mol. The zero-order valence-corrected chi connectivity index (χ0v) is 20.2. The number of furan rings is 1. The molecule has 3 amide bonds. The van der Waals surface area contributed by atoms with Gasteiger partial charge in [-0.25, -0.2) is 4.79 Å². The standard InChI is InChI=1S/C28H32N4O3/c1-2-32-27(34)31(16-4-7-22-6-3-15-29-20-22)26(33)28(32)13-17-30(18-14-28)21-23-9-11-24(12-10-23)25-8-5-19-35-25/h3,5-6,8-12,15,19-20H,2,4,7,13-14,16-18,21H2,1H3. The number of benzene rings is 1. The van der Waals surface area contributed by atoms with Gasteiger partial charge in [0.15, 0.2) is 0 Å². The minimum absolute atomic E-state index is 0.0158. The highest BCUT2D eigenvalue weighted by atomic mass is 16.3. The normalized spacial score (nSPS) is 18.1. The highest BCUT2D eigenvalue weighted by molar-refractivity contribution is 6.07. The van der Waals surface area contributed by atoms with E-state index in [-0.39, 0.29) is 11.9 Å². The first-order valence-electron chi connectivity index (χ1n) is 12.5. The van der Waals surface area contributed by atoms with Crippen LogP contribution in [-0.4, -0.2) is 63.3 Å². The first-order valence-corrected chi connectivity index (χ1v) is 12.5. The molecule has 2 saturated heterocycles. The summed E-state index contributed by atoms with van der Waals surface area (Å²) in [6, 6.07) is 16.1. The Morgan fingerprint density at radius 1 is 1.00 bits per heavy atom. The average Bonchev–Trinajstić information content (AvgIpc) is 3.49. The smallest absolute Gasteiger partial charge is 0.327 e. The van der Waals surface area contributed by atoms with Crippen molar-refractivity contribution in [1.82, 2.24) is 19.7 Å². The van der Waals surface area contributed by atoms with Crippen molar-refractivity contribution in [1.29, 1.82) is 0 Å². The summed E-state index contributed by atoms with van der Waals surface area (Å²) in [5.74, 6) is 0.850. The first kappa shape index (κ1) is 23.3. The zero-order valence-electron chi connectivity index (χ0n) is 20.2. The Labute approximate surface area is 206 Å². The summed E-state index contributed by atoms with van der Waals surface area (Å²) >= 11 is 0. The van der Waals surface area contributed by atoms with Gasteiger partial charge in [0.1, 0.15) is 11.3 Å². The van der Waals surface area contributed by atoms with Crippen LogP contribution >= 0.6 is 0 Å². The van der Waals surface area contributed by atoms with Crippen molar-refractivity contribution in [3.8, 4) is 11.3 Å². The second-order valence-corrected chi connectivity index (χ2v) is 9.43. The van der Waals surface area contributed by atoms with Crippen LogP contribution in [0.3, 0.4) is 0 Å². The van der Waals surface area contributed by atoms with Crippen LogP contribution in [0.2, 0.25) is 0 Å². The lowest BCUT2D eigenvalue weighted by Gasteiger charge is -2.42. The number of hydrogen-bond donors (Lipinski definition) is 0. The Morgan fingerprint density at radius 2 is 1.80 bits per heavy atom. The number of likely N-dealkylation sites (tertiary alicyclic amines) is 1. The Hall–Kier alpha value is -3.45. The fourth-order valence-electron chi connectivity index (χ4n) is 5.45. The van der Waals surface area contributed by atoms with E-state index in [9.17, 15) is 9.59 Å². The predicted molar refractivity (Wildman–Crippen MR) is 133 cm³/mol. The number of piperidine rings is 1. The summed E-state index contributed by atoms with van der Waals surface area (Å²) in [5.41, 5.74) is 2.72. The van der Waals surface area contributed by atoms with Gasteiger partial charge in [-0.1, -0.05) is 30.3 Å². The largest absolute Gasteiger partial charge is 0.464 e. The molecule has 2 aliphatic rings. The fraction of sp³-hybridized carbons (Fsp3) is 0.393. The molecule has 0 bridgehead atoms. The Balaban J connectivity index is 1.19. The van der Waals surface area contributed by atoms with E-state index in [0.717, 1.165) is 49.4 Å². The molecule has 0 radical (unpaired) electrons. The summed E-state index contributed by atoms with van der Waals surface area (Å²) in [7, 11) is 0. The third-order valence-electron chi connectivity index (χ3n) is 7.36. The van der Waals surface area contributed by atoms with Crippen LogP contribution in [0.4, 0.5) is 4.79 Å². The van der Waals surface area contributed by atoms with Crippen molar-refractivity contribution in [2.75, 3.05) is 26.2 Å². The van der Waals surface area contributed by atoms with Gasteiger partial charge in [0.25, 0.3) is 5.91 Å². The molecule has 7 nitrogen and oxygen atoms in total. The summed E-state index contributed by atoms with van der Waals surface area (Å²) in [5, 5.41) is 0. The maximum Gasteiger partial charge on any atom is 0.327 e. The van der Waals surface area contributed by atoms with Gasteiger partial charge in [-0.2, -0.15) is 0 Å². The first-order chi connectivity index (χ1) is 17.1. The maximum atomic E-state index is 13.5. The van der Waals surface area contributed by atoms with Gasteiger partial charge in [0.2, 0.25) is 0 Å². The van der Waals surface area contributed by atoms with E-state index in [1.54, 1.807) is 12.5 Å². The van der Waals surface area contributed by atoms with Crippen molar-refractivity contribution in [3.63, 3.8) is 0 Å². The lowest BCUT2D eigenvalue weighted by Crippen LogP contribution is -2.56. The number of urea groups is 1. The summed E-state index contributed by atoms with van der Waals surface area (Å²) in [4.78, 5) is 36.5. The van der Waals surface area contributed by atoms with Crippen LogP contribution in [0.15, 0.2) is 71.6 Å². The number of likely N-dealkylation sites (N-methyl/N-ethyl adjacent to an activating group) is 1. The third-order valence-corrected chi connectivity index (χ3v) is 7.36. The van der Waals surface area contributed by atoms with Gasteiger partial charge in [-0.3, -0.25) is 19.6 Å². The van der Waals surface area contributed by atoms with Gasteiger partial charge in [0, 0.05) is 50.7 Å². The van der Waals surface area contributed by atoms with Crippen LogP contribution in [0.1, 0.15) is 37.3 Å². The van der Waals surface area contributed by atoms with Crippen molar-refractivity contribution in [3.05, 3.63) is 78.3 Å². The molecule has 0 aliphatic carbocycles. The number of aromatic nitrogens is 1. The summed E-state index contributed by atoms with van der Waals surface area (Å²) in [6.45, 7) is 5.39. The van der Waals surface area contributed by atoms with Crippen LogP contribution < -0.4 is 0 Å². The Kier molecular flexibility index (Phi) is 6.68. The van der Waals surface area contributed by atoms with E-state index in [1.807, 2.05) is 42.3 Å². The lowest BCUT2D eigenvalue weighted by molar-refractivity contribution is -0.135. The molecule has 2 aromatic heterocycles. The van der Waals surface area contributed by atoms with Crippen LogP contribution in [0, 0.1) is 0 Å². The molecule has 1 spiro atoms. The number of rotatable bonds is 8. The molecule has 0 atom stereocenters. The number of imide groups is 1. The van der Waals surface area contributed by atoms with Gasteiger partial charge in [-0.05, 0) is 61.9 Å². The van der Waals surface area contributed by atoms with Crippen molar-refractivity contribution in [2.45, 2.75) is 44.7 Å². The molecule has 5 rings (SSSR count). The second kappa shape index (κ2) is 10.0. The number of carbonyl (C=O) groups excluding carboxylic acids is 2. The molecule has 0 saturated carbocycles. The van der Waals surface area contributed by atoms with Crippen molar-refractivity contribution >= 4 is 11.9 Å². The third kappa shape index (κ3) is 4.60. The average molecular weight is 473 g/mol. The number of aryl methyl sites for hydroxylation is 1. The SMILES string of the molecule is CCN1C(=O)N(CCCc2cccnc2)C(=O)C12CCN(Cc1ccc(-c3ccco3)cc1)CC2.